The van der Waals surface area contributed by atoms with Gasteiger partial charge in [0.25, 0.3) is 0 Å². The Morgan fingerprint density at radius 3 is 2.74 bits per heavy atom. The summed E-state index contributed by atoms with van der Waals surface area (Å²) < 4.78 is 37.8. The minimum Gasteiger partial charge on any atom is -0.493 e. The van der Waals surface area contributed by atoms with Crippen LogP contribution in [0, 0.1) is 11.6 Å². The lowest BCUT2D eigenvalue weighted by Crippen LogP contribution is -2.18. The number of hydrogen-bond acceptors (Lipinski definition) is 3. The molecule has 0 radical (unpaired) electrons. The first-order valence-electron chi connectivity index (χ1n) is 7.32. The number of ether oxygens (including phenoxy) is 1. The second-order valence-electron chi connectivity index (χ2n) is 5.36. The van der Waals surface area contributed by atoms with Crippen LogP contribution in [0.2, 0.25) is 0 Å². The first-order chi connectivity index (χ1) is 11.1. The van der Waals surface area contributed by atoms with Gasteiger partial charge in [0.15, 0.2) is 11.3 Å². The highest BCUT2D eigenvalue weighted by Gasteiger charge is 2.13. The Labute approximate surface area is 132 Å². The molecule has 120 valence electrons. The molecule has 0 aliphatic rings. The molecule has 1 N–H and O–H groups in total. The average molecular weight is 317 g/mol. The van der Waals surface area contributed by atoms with Gasteiger partial charge in [0.2, 0.25) is 0 Å². The average Bonchev–Trinajstić information content (AvgIpc) is 2.95. The molecule has 1 aromatic heterocycles. The molecule has 1 heterocycles. The number of rotatable bonds is 5. The first kappa shape index (κ1) is 15.5. The summed E-state index contributed by atoms with van der Waals surface area (Å²) in [7, 11) is 1.59. The van der Waals surface area contributed by atoms with E-state index in [1.54, 1.807) is 7.11 Å². The molecule has 0 saturated heterocycles. The predicted octanol–water partition coefficient (Wildman–Crippen LogP) is 4.57. The molecule has 5 heteroatoms. The molecule has 1 atom stereocenters. The molecule has 0 saturated carbocycles. The summed E-state index contributed by atoms with van der Waals surface area (Å²) in [5, 5.41) is 4.12. The highest BCUT2D eigenvalue weighted by Crippen LogP contribution is 2.28. The van der Waals surface area contributed by atoms with E-state index >= 15 is 0 Å². The summed E-state index contributed by atoms with van der Waals surface area (Å²) in [6.45, 7) is 2.25. The number of methoxy groups -OCH3 is 1. The second-order valence-corrected chi connectivity index (χ2v) is 5.36. The number of para-hydroxylation sites is 1. The molecule has 3 rings (SSSR count). The Balaban J connectivity index is 1.75. The molecule has 0 bridgehead atoms. The fraction of sp³-hybridized carbons (Fsp3) is 0.222. The van der Waals surface area contributed by atoms with Gasteiger partial charge in [-0.2, -0.15) is 0 Å². The molecule has 0 fully saturated rings. The van der Waals surface area contributed by atoms with Gasteiger partial charge >= 0.3 is 0 Å². The summed E-state index contributed by atoms with van der Waals surface area (Å²) in [6, 6.07) is 10.9. The summed E-state index contributed by atoms with van der Waals surface area (Å²) in [4.78, 5) is 0. The van der Waals surface area contributed by atoms with E-state index in [-0.39, 0.29) is 6.04 Å². The van der Waals surface area contributed by atoms with Crippen molar-refractivity contribution in [1.29, 1.82) is 0 Å². The molecule has 0 aliphatic heterocycles. The van der Waals surface area contributed by atoms with Crippen LogP contribution in [0.25, 0.3) is 11.0 Å². The maximum Gasteiger partial charge on any atom is 0.176 e. The molecule has 0 unspecified atom stereocenters. The lowest BCUT2D eigenvalue weighted by molar-refractivity contribution is 0.404. The van der Waals surface area contributed by atoms with Crippen LogP contribution in [0.1, 0.15) is 24.3 Å². The summed E-state index contributed by atoms with van der Waals surface area (Å²) in [6.07, 6.45) is 0. The molecule has 3 aromatic rings. The predicted molar refractivity (Wildman–Crippen MR) is 84.4 cm³/mol. The SMILES string of the molecule is COc1cccc2cc(CN[C@H](C)c3ccc(F)cc3F)oc12. The molecular weight excluding hydrogens is 300 g/mol. The van der Waals surface area contributed by atoms with Crippen molar-refractivity contribution in [3.05, 3.63) is 65.4 Å². The molecule has 0 amide bonds. The Morgan fingerprint density at radius 2 is 2.00 bits per heavy atom. The third-order valence-corrected chi connectivity index (χ3v) is 3.79. The Bertz CT molecular complexity index is 829. The van der Waals surface area contributed by atoms with Crippen LogP contribution in [0.5, 0.6) is 5.75 Å². The van der Waals surface area contributed by atoms with Crippen molar-refractivity contribution in [3.8, 4) is 5.75 Å². The van der Waals surface area contributed by atoms with Gasteiger partial charge in [-0.3, -0.25) is 0 Å². The van der Waals surface area contributed by atoms with Crippen LogP contribution >= 0.6 is 0 Å². The van der Waals surface area contributed by atoms with Crippen molar-refractivity contribution in [2.24, 2.45) is 0 Å². The minimum absolute atomic E-state index is 0.272. The van der Waals surface area contributed by atoms with Crippen molar-refractivity contribution in [2.45, 2.75) is 19.5 Å². The van der Waals surface area contributed by atoms with Gasteiger partial charge in [0.05, 0.1) is 13.7 Å². The maximum absolute atomic E-state index is 13.8. The largest absolute Gasteiger partial charge is 0.493 e. The molecule has 3 nitrogen and oxygen atoms in total. The second kappa shape index (κ2) is 6.38. The standard InChI is InChI=1S/C18H17F2NO2/c1-11(15-7-6-13(19)9-16(15)20)21-10-14-8-12-4-3-5-17(22-2)18(12)23-14/h3-9,11,21H,10H2,1-2H3/t11-/m1/s1. The van der Waals surface area contributed by atoms with Crippen molar-refractivity contribution < 1.29 is 17.9 Å². The number of hydrogen-bond donors (Lipinski definition) is 1. The van der Waals surface area contributed by atoms with Crippen molar-refractivity contribution in [3.63, 3.8) is 0 Å². The first-order valence-corrected chi connectivity index (χ1v) is 7.32. The van der Waals surface area contributed by atoms with E-state index in [4.69, 9.17) is 9.15 Å². The minimum atomic E-state index is -0.581. The zero-order valence-corrected chi connectivity index (χ0v) is 12.9. The van der Waals surface area contributed by atoms with E-state index in [1.165, 1.54) is 12.1 Å². The van der Waals surface area contributed by atoms with E-state index < -0.39 is 11.6 Å². The molecule has 0 spiro atoms. The van der Waals surface area contributed by atoms with Crippen LogP contribution in [0.15, 0.2) is 46.9 Å². The number of nitrogens with one attached hydrogen (secondary N) is 1. The van der Waals surface area contributed by atoms with Gasteiger partial charge in [0.1, 0.15) is 17.4 Å². The Hall–Kier alpha value is -2.40. The third kappa shape index (κ3) is 3.19. The van der Waals surface area contributed by atoms with Crippen molar-refractivity contribution >= 4 is 11.0 Å². The molecule has 23 heavy (non-hydrogen) atoms. The van der Waals surface area contributed by atoms with E-state index in [9.17, 15) is 8.78 Å². The van der Waals surface area contributed by atoms with Gasteiger partial charge in [-0.05, 0) is 25.1 Å². The highest BCUT2D eigenvalue weighted by atomic mass is 19.1. The zero-order valence-electron chi connectivity index (χ0n) is 12.9. The highest BCUT2D eigenvalue weighted by molar-refractivity contribution is 5.83. The van der Waals surface area contributed by atoms with E-state index in [0.29, 0.717) is 23.4 Å². The molecule has 2 aromatic carbocycles. The van der Waals surface area contributed by atoms with Gasteiger partial charge in [-0.25, -0.2) is 8.78 Å². The Kier molecular flexibility index (Phi) is 4.30. The maximum atomic E-state index is 13.8. The quantitative estimate of drug-likeness (QED) is 0.748. The number of fused-ring (bicyclic) bond motifs is 1. The van der Waals surface area contributed by atoms with Gasteiger partial charge in [0, 0.05) is 23.1 Å². The fourth-order valence-electron chi connectivity index (χ4n) is 2.55. The third-order valence-electron chi connectivity index (χ3n) is 3.79. The summed E-state index contributed by atoms with van der Waals surface area (Å²) >= 11 is 0. The van der Waals surface area contributed by atoms with Crippen LogP contribution in [0.3, 0.4) is 0 Å². The molecule has 0 aliphatic carbocycles. The lowest BCUT2D eigenvalue weighted by atomic mass is 10.1. The number of halogens is 2. The smallest absolute Gasteiger partial charge is 0.176 e. The molecular formula is C18H17F2NO2. The number of furan rings is 1. The van der Waals surface area contributed by atoms with Crippen LogP contribution < -0.4 is 10.1 Å². The summed E-state index contributed by atoms with van der Waals surface area (Å²) in [5.41, 5.74) is 1.10. The fourth-order valence-corrected chi connectivity index (χ4v) is 2.55. The van der Waals surface area contributed by atoms with E-state index in [1.807, 2.05) is 31.2 Å². The topological polar surface area (TPSA) is 34.4 Å². The van der Waals surface area contributed by atoms with Crippen LogP contribution in [0.4, 0.5) is 8.78 Å². The normalized spacial score (nSPS) is 12.5. The lowest BCUT2D eigenvalue weighted by Gasteiger charge is -2.14. The monoisotopic (exact) mass is 317 g/mol. The summed E-state index contributed by atoms with van der Waals surface area (Å²) in [5.74, 6) is 0.254. The van der Waals surface area contributed by atoms with Gasteiger partial charge < -0.3 is 14.5 Å². The van der Waals surface area contributed by atoms with Crippen molar-refractivity contribution in [1.82, 2.24) is 5.32 Å². The van der Waals surface area contributed by atoms with Crippen LogP contribution in [-0.4, -0.2) is 7.11 Å². The van der Waals surface area contributed by atoms with Crippen molar-refractivity contribution in [2.75, 3.05) is 7.11 Å². The van der Waals surface area contributed by atoms with E-state index in [0.717, 1.165) is 17.2 Å². The van der Waals surface area contributed by atoms with Gasteiger partial charge in [-0.15, -0.1) is 0 Å². The van der Waals surface area contributed by atoms with Gasteiger partial charge in [-0.1, -0.05) is 18.2 Å². The number of benzene rings is 2. The van der Waals surface area contributed by atoms with E-state index in [2.05, 4.69) is 5.32 Å². The zero-order chi connectivity index (χ0) is 16.4. The van der Waals surface area contributed by atoms with Crippen LogP contribution in [-0.2, 0) is 6.54 Å². The Morgan fingerprint density at radius 1 is 1.17 bits per heavy atom.